The van der Waals surface area contributed by atoms with Crippen molar-refractivity contribution in [3.63, 3.8) is 0 Å². The average Bonchev–Trinajstić information content (AvgIpc) is 3.36. The monoisotopic (exact) mass is 566 g/mol. The van der Waals surface area contributed by atoms with Crippen LogP contribution in [0.1, 0.15) is 39.2 Å². The highest BCUT2D eigenvalue weighted by Crippen LogP contribution is 2.45. The maximum Gasteiger partial charge on any atom is 0.294 e. The van der Waals surface area contributed by atoms with Gasteiger partial charge in [-0.2, -0.15) is 0 Å². The summed E-state index contributed by atoms with van der Waals surface area (Å²) in [5, 5.41) is 11.3. The molecule has 1 aliphatic rings. The molecular weight excluding hydrogens is 540 g/mol. The summed E-state index contributed by atoms with van der Waals surface area (Å²) in [4.78, 5) is 41.3. The van der Waals surface area contributed by atoms with Gasteiger partial charge in [-0.25, -0.2) is 0 Å². The molecule has 1 aliphatic heterocycles. The van der Waals surface area contributed by atoms with Gasteiger partial charge in [-0.05, 0) is 41.0 Å². The number of nitro groups is 1. The highest BCUT2D eigenvalue weighted by atomic mass is 16.6. The quantitative estimate of drug-likeness (QED) is 0.104. The zero-order chi connectivity index (χ0) is 29.8. The van der Waals surface area contributed by atoms with E-state index in [1.54, 1.807) is 4.90 Å². The van der Waals surface area contributed by atoms with Crippen molar-refractivity contribution in [3.05, 3.63) is 189 Å². The number of carbonyl (C=O) groups excluding carboxylic acids is 2. The highest BCUT2D eigenvalue weighted by Gasteiger charge is 2.46. The molecule has 43 heavy (non-hydrogen) atoms. The summed E-state index contributed by atoms with van der Waals surface area (Å²) < 4.78 is 6.68. The molecule has 1 atom stereocenters. The van der Waals surface area contributed by atoms with E-state index in [0.29, 0.717) is 5.69 Å². The van der Waals surface area contributed by atoms with E-state index >= 15 is 0 Å². The number of rotatable bonds is 9. The van der Waals surface area contributed by atoms with Gasteiger partial charge in [-0.15, -0.1) is 0 Å². The number of hydrogen-bond donors (Lipinski definition) is 0. The van der Waals surface area contributed by atoms with Gasteiger partial charge in [0.1, 0.15) is 6.10 Å². The molecule has 0 N–H and O–H groups in total. The van der Waals surface area contributed by atoms with E-state index in [1.165, 1.54) is 24.3 Å². The van der Waals surface area contributed by atoms with Crippen molar-refractivity contribution in [2.45, 2.75) is 12.1 Å². The molecule has 0 aliphatic carbocycles. The molecule has 0 fully saturated rings. The van der Waals surface area contributed by atoms with E-state index < -0.39 is 28.8 Å². The first kappa shape index (κ1) is 27.4. The Labute approximate surface area is 248 Å². The fourth-order valence-corrected chi connectivity index (χ4v) is 5.33. The fourth-order valence-electron chi connectivity index (χ4n) is 5.33. The van der Waals surface area contributed by atoms with Crippen LogP contribution in [-0.4, -0.2) is 16.6 Å². The number of amides is 1. The molecule has 5 aromatic rings. The number of nitro benzene ring substituents is 1. The van der Waals surface area contributed by atoms with Gasteiger partial charge in [0.25, 0.3) is 11.6 Å². The van der Waals surface area contributed by atoms with Crippen LogP contribution < -0.4 is 4.90 Å². The third-order valence-corrected chi connectivity index (χ3v) is 7.36. The second-order valence-corrected chi connectivity index (χ2v) is 10.0. The van der Waals surface area contributed by atoms with Crippen LogP contribution in [0.4, 0.5) is 11.4 Å². The van der Waals surface area contributed by atoms with Gasteiger partial charge in [-0.1, -0.05) is 109 Å². The van der Waals surface area contributed by atoms with E-state index in [4.69, 9.17) is 4.74 Å². The SMILES string of the molecule is O=C(C1=C(OC(c2ccccc2)c2ccccc2)C(=O)N(c2ccccc2)[C@@H]1c1ccccc1)c1ccc([N+](=O)[O-])cc1. The molecule has 7 nitrogen and oxygen atoms in total. The standard InChI is InChI=1S/C36H26N2O5/c39-33(26-21-23-30(24-22-26)38(41)42)31-32(25-13-5-1-6-14-25)37(29-19-11-4-12-20-29)36(40)35(31)43-34(27-15-7-2-8-16-27)28-17-9-3-10-18-28/h1-24,32,34H/t32-/m1/s1. The van der Waals surface area contributed by atoms with Crippen LogP contribution in [-0.2, 0) is 9.53 Å². The van der Waals surface area contributed by atoms with Gasteiger partial charge < -0.3 is 4.74 Å². The van der Waals surface area contributed by atoms with E-state index in [-0.39, 0.29) is 22.6 Å². The minimum atomic E-state index is -0.805. The first-order valence-corrected chi connectivity index (χ1v) is 13.8. The summed E-state index contributed by atoms with van der Waals surface area (Å²) >= 11 is 0. The lowest BCUT2D eigenvalue weighted by atomic mass is 9.92. The van der Waals surface area contributed by atoms with Gasteiger partial charge in [0.2, 0.25) is 0 Å². The summed E-state index contributed by atoms with van der Waals surface area (Å²) in [6.07, 6.45) is -0.687. The van der Waals surface area contributed by atoms with E-state index in [9.17, 15) is 19.7 Å². The lowest BCUT2D eigenvalue weighted by Gasteiger charge is -2.27. The molecule has 5 aromatic carbocycles. The Balaban J connectivity index is 1.56. The molecule has 0 bridgehead atoms. The van der Waals surface area contributed by atoms with Crippen molar-refractivity contribution < 1.29 is 19.2 Å². The zero-order valence-corrected chi connectivity index (χ0v) is 22.9. The molecule has 0 saturated carbocycles. The first-order chi connectivity index (χ1) is 21.0. The van der Waals surface area contributed by atoms with E-state index in [2.05, 4.69) is 0 Å². The number of non-ortho nitro benzene ring substituents is 1. The molecule has 0 spiro atoms. The van der Waals surface area contributed by atoms with Gasteiger partial charge in [-0.3, -0.25) is 24.6 Å². The number of ether oxygens (including phenoxy) is 1. The summed E-state index contributed by atoms with van der Waals surface area (Å²) in [6.45, 7) is 0. The third kappa shape index (κ3) is 5.44. The molecule has 0 radical (unpaired) electrons. The van der Waals surface area contributed by atoms with Crippen molar-refractivity contribution in [3.8, 4) is 0 Å². The van der Waals surface area contributed by atoms with E-state index in [0.717, 1.165) is 16.7 Å². The summed E-state index contributed by atoms with van der Waals surface area (Å²) in [5.74, 6) is -0.980. The number of nitrogens with zero attached hydrogens (tertiary/aromatic N) is 2. The highest BCUT2D eigenvalue weighted by molar-refractivity contribution is 6.21. The molecule has 1 heterocycles. The van der Waals surface area contributed by atoms with Crippen LogP contribution in [0.15, 0.2) is 157 Å². The van der Waals surface area contributed by atoms with Crippen molar-refractivity contribution >= 4 is 23.1 Å². The number of benzene rings is 5. The molecule has 0 saturated heterocycles. The smallest absolute Gasteiger partial charge is 0.294 e. The predicted molar refractivity (Wildman–Crippen MR) is 163 cm³/mol. The van der Waals surface area contributed by atoms with Crippen molar-refractivity contribution in [2.24, 2.45) is 0 Å². The first-order valence-electron chi connectivity index (χ1n) is 13.8. The van der Waals surface area contributed by atoms with Gasteiger partial charge in [0.05, 0.1) is 16.5 Å². The number of Topliss-reactive ketones (excluding diaryl/α,β-unsaturated/α-hetero) is 1. The minimum absolute atomic E-state index is 0.0706. The Bertz CT molecular complexity index is 1750. The normalized spacial score (nSPS) is 14.7. The Morgan fingerprint density at radius 3 is 1.70 bits per heavy atom. The van der Waals surface area contributed by atoms with Gasteiger partial charge >= 0.3 is 0 Å². The van der Waals surface area contributed by atoms with Gasteiger partial charge in [0.15, 0.2) is 11.5 Å². The van der Waals surface area contributed by atoms with Gasteiger partial charge in [0, 0.05) is 23.4 Å². The third-order valence-electron chi connectivity index (χ3n) is 7.36. The van der Waals surface area contributed by atoms with Crippen molar-refractivity contribution in [1.82, 2.24) is 0 Å². The summed E-state index contributed by atoms with van der Waals surface area (Å²) in [6, 6.07) is 42.1. The van der Waals surface area contributed by atoms with Crippen LogP contribution in [0.2, 0.25) is 0 Å². The second kappa shape index (κ2) is 12.0. The summed E-state index contributed by atoms with van der Waals surface area (Å²) in [7, 11) is 0. The number of hydrogen-bond acceptors (Lipinski definition) is 5. The zero-order valence-electron chi connectivity index (χ0n) is 22.9. The molecule has 1 amide bonds. The predicted octanol–water partition coefficient (Wildman–Crippen LogP) is 7.63. The minimum Gasteiger partial charge on any atom is -0.475 e. The Hall–Kier alpha value is -5.82. The largest absolute Gasteiger partial charge is 0.475 e. The molecule has 210 valence electrons. The summed E-state index contributed by atoms with van der Waals surface area (Å²) in [5.41, 5.74) is 3.18. The topological polar surface area (TPSA) is 89.8 Å². The van der Waals surface area contributed by atoms with E-state index in [1.807, 2.05) is 121 Å². The lowest BCUT2D eigenvalue weighted by Crippen LogP contribution is -2.31. The lowest BCUT2D eigenvalue weighted by molar-refractivity contribution is -0.384. The molecule has 6 rings (SSSR count). The van der Waals surface area contributed by atoms with Crippen molar-refractivity contribution in [1.29, 1.82) is 0 Å². The number of anilines is 1. The number of ketones is 1. The van der Waals surface area contributed by atoms with Crippen LogP contribution in [0.25, 0.3) is 0 Å². The Morgan fingerprint density at radius 2 is 1.19 bits per heavy atom. The van der Waals surface area contributed by atoms with Crippen LogP contribution in [0.5, 0.6) is 0 Å². The van der Waals surface area contributed by atoms with Crippen LogP contribution in [0, 0.1) is 10.1 Å². The second-order valence-electron chi connectivity index (χ2n) is 10.0. The Morgan fingerprint density at radius 1 is 0.698 bits per heavy atom. The molecule has 7 heteroatoms. The number of carbonyl (C=O) groups is 2. The maximum absolute atomic E-state index is 14.5. The fraction of sp³-hybridized carbons (Fsp3) is 0.0556. The molecule has 0 unspecified atom stereocenters. The molecular formula is C36H26N2O5. The molecule has 0 aromatic heterocycles. The van der Waals surface area contributed by atoms with Crippen LogP contribution >= 0.6 is 0 Å². The average molecular weight is 567 g/mol. The Kier molecular flexibility index (Phi) is 7.61. The van der Waals surface area contributed by atoms with Crippen molar-refractivity contribution in [2.75, 3.05) is 4.90 Å². The maximum atomic E-state index is 14.5. The van der Waals surface area contributed by atoms with Crippen LogP contribution in [0.3, 0.4) is 0 Å². The number of para-hydroxylation sites is 1.